The topological polar surface area (TPSA) is 100 Å². The first-order valence-corrected chi connectivity index (χ1v) is 5.64. The van der Waals surface area contributed by atoms with Gasteiger partial charge in [0.05, 0.1) is 11.9 Å². The van der Waals surface area contributed by atoms with Crippen molar-refractivity contribution in [2.24, 2.45) is 0 Å². The van der Waals surface area contributed by atoms with Gasteiger partial charge < -0.3 is 15.4 Å². The lowest BCUT2D eigenvalue weighted by Gasteiger charge is -2.19. The maximum atomic E-state index is 11.8. The van der Waals surface area contributed by atoms with Gasteiger partial charge in [-0.3, -0.25) is 9.48 Å². The number of amides is 1. The fourth-order valence-corrected chi connectivity index (χ4v) is 1.46. The molecule has 0 radical (unpaired) electrons. The first-order chi connectivity index (χ1) is 8.91. The smallest absolute Gasteiger partial charge is 0.331 e. The molecule has 2 aromatic rings. The maximum absolute atomic E-state index is 11.8. The number of aromatic amines is 1. The van der Waals surface area contributed by atoms with E-state index in [1.165, 1.54) is 30.9 Å². The quantitative estimate of drug-likeness (QED) is 0.772. The van der Waals surface area contributed by atoms with Crippen LogP contribution in [0.1, 0.15) is 24.3 Å². The van der Waals surface area contributed by atoms with Crippen molar-refractivity contribution in [1.82, 2.24) is 14.8 Å². The number of anilines is 1. The summed E-state index contributed by atoms with van der Waals surface area (Å²) < 4.78 is 1.29. The van der Waals surface area contributed by atoms with Gasteiger partial charge in [0.25, 0.3) is 5.91 Å². The summed E-state index contributed by atoms with van der Waals surface area (Å²) in [7, 11) is 0. The molecule has 2 rings (SSSR count). The van der Waals surface area contributed by atoms with E-state index >= 15 is 0 Å². The lowest BCUT2D eigenvalue weighted by molar-refractivity contribution is -0.146. The first-order valence-electron chi connectivity index (χ1n) is 5.64. The summed E-state index contributed by atoms with van der Waals surface area (Å²) in [5.74, 6) is -1.31. The van der Waals surface area contributed by atoms with Crippen molar-refractivity contribution in [3.05, 3.63) is 36.4 Å². The molecule has 0 aromatic carbocycles. The number of carboxylic acids is 1. The van der Waals surface area contributed by atoms with Crippen LogP contribution in [0.25, 0.3) is 0 Å². The summed E-state index contributed by atoms with van der Waals surface area (Å²) in [4.78, 5) is 25.6. The van der Waals surface area contributed by atoms with E-state index < -0.39 is 11.5 Å². The Balaban J connectivity index is 2.14. The number of H-pyrrole nitrogens is 1. The highest BCUT2D eigenvalue weighted by molar-refractivity contribution is 6.02. The molecule has 0 aliphatic rings. The van der Waals surface area contributed by atoms with Crippen molar-refractivity contribution in [3.63, 3.8) is 0 Å². The van der Waals surface area contributed by atoms with Crippen LogP contribution >= 0.6 is 0 Å². The van der Waals surface area contributed by atoms with Crippen molar-refractivity contribution in [2.45, 2.75) is 19.4 Å². The molecule has 2 aromatic heterocycles. The normalized spacial score (nSPS) is 11.3. The number of nitrogens with zero attached hydrogens (tertiary/aromatic N) is 2. The summed E-state index contributed by atoms with van der Waals surface area (Å²) in [6.07, 6.45) is 4.53. The molecule has 0 fully saturated rings. The predicted octanol–water partition coefficient (Wildman–Crippen LogP) is 1.28. The Hall–Kier alpha value is -2.57. The molecule has 0 unspecified atom stereocenters. The van der Waals surface area contributed by atoms with Crippen molar-refractivity contribution in [1.29, 1.82) is 0 Å². The number of carbonyl (C=O) groups is 2. The van der Waals surface area contributed by atoms with Crippen LogP contribution in [0.3, 0.4) is 0 Å². The Kier molecular flexibility index (Phi) is 3.12. The Morgan fingerprint density at radius 2 is 2.21 bits per heavy atom. The van der Waals surface area contributed by atoms with E-state index in [9.17, 15) is 9.59 Å². The Morgan fingerprint density at radius 1 is 1.47 bits per heavy atom. The van der Waals surface area contributed by atoms with Gasteiger partial charge in [0.2, 0.25) is 0 Å². The zero-order valence-electron chi connectivity index (χ0n) is 10.5. The number of nitrogens with one attached hydrogen (secondary N) is 2. The summed E-state index contributed by atoms with van der Waals surface area (Å²) in [6.45, 7) is 3.05. The predicted molar refractivity (Wildman–Crippen MR) is 67.9 cm³/mol. The second-order valence-electron chi connectivity index (χ2n) is 4.58. The summed E-state index contributed by atoms with van der Waals surface area (Å²) in [6, 6.07) is 3.35. The number of carbonyl (C=O) groups excluding carboxylic acids is 1. The number of carboxylic acid groups (broad SMARTS) is 1. The van der Waals surface area contributed by atoms with Gasteiger partial charge in [0, 0.05) is 12.4 Å². The number of hydrogen-bond donors (Lipinski definition) is 3. The highest BCUT2D eigenvalue weighted by Crippen LogP contribution is 2.17. The van der Waals surface area contributed by atoms with E-state index in [1.54, 1.807) is 18.3 Å². The number of aliphatic carboxylic acids is 1. The molecule has 7 heteroatoms. The molecular weight excluding hydrogens is 248 g/mol. The second-order valence-corrected chi connectivity index (χ2v) is 4.58. The van der Waals surface area contributed by atoms with Crippen LogP contribution in [0.5, 0.6) is 0 Å². The molecule has 3 N–H and O–H groups in total. The zero-order chi connectivity index (χ0) is 14.0. The third-order valence-electron chi connectivity index (χ3n) is 2.78. The Morgan fingerprint density at radius 3 is 2.79 bits per heavy atom. The van der Waals surface area contributed by atoms with Crippen molar-refractivity contribution >= 4 is 17.6 Å². The van der Waals surface area contributed by atoms with E-state index in [1.807, 2.05) is 0 Å². The fourth-order valence-electron chi connectivity index (χ4n) is 1.46. The van der Waals surface area contributed by atoms with Gasteiger partial charge in [-0.15, -0.1) is 0 Å². The average Bonchev–Trinajstić information content (AvgIpc) is 2.99. The van der Waals surface area contributed by atoms with Crippen LogP contribution in [0, 0.1) is 0 Å². The molecule has 1 amide bonds. The largest absolute Gasteiger partial charge is 0.479 e. The third-order valence-corrected chi connectivity index (χ3v) is 2.78. The van der Waals surface area contributed by atoms with E-state index in [0.29, 0.717) is 11.4 Å². The van der Waals surface area contributed by atoms with E-state index in [2.05, 4.69) is 15.4 Å². The molecule has 0 saturated heterocycles. The van der Waals surface area contributed by atoms with Gasteiger partial charge in [-0.1, -0.05) is 0 Å². The van der Waals surface area contributed by atoms with Crippen LogP contribution in [0.4, 0.5) is 5.69 Å². The van der Waals surface area contributed by atoms with Crippen LogP contribution in [-0.4, -0.2) is 31.7 Å². The minimum Gasteiger partial charge on any atom is -0.479 e. The van der Waals surface area contributed by atoms with Crippen LogP contribution < -0.4 is 5.32 Å². The average molecular weight is 262 g/mol. The standard InChI is InChI=1S/C12H14N4O3/c1-12(2,11(18)19)16-7-8(6-14-16)15-10(17)9-4-3-5-13-9/h3-7,13H,1-2H3,(H,15,17)(H,18,19). The number of rotatable bonds is 4. The van der Waals surface area contributed by atoms with Gasteiger partial charge in [-0.2, -0.15) is 5.10 Å². The van der Waals surface area contributed by atoms with Gasteiger partial charge in [0.15, 0.2) is 5.54 Å². The summed E-state index contributed by atoms with van der Waals surface area (Å²) >= 11 is 0. The Bertz CT molecular complexity index is 598. The summed E-state index contributed by atoms with van der Waals surface area (Å²) in [5, 5.41) is 15.7. The van der Waals surface area contributed by atoms with Crippen LogP contribution in [-0.2, 0) is 10.3 Å². The molecule has 19 heavy (non-hydrogen) atoms. The SMILES string of the molecule is CC(C)(C(=O)O)n1cc(NC(=O)c2ccc[nH]2)cn1. The monoisotopic (exact) mass is 262 g/mol. The van der Waals surface area contributed by atoms with E-state index in [0.717, 1.165) is 0 Å². The van der Waals surface area contributed by atoms with E-state index in [-0.39, 0.29) is 5.91 Å². The molecular formula is C12H14N4O3. The molecule has 7 nitrogen and oxygen atoms in total. The van der Waals surface area contributed by atoms with Gasteiger partial charge in [-0.25, -0.2) is 4.79 Å². The van der Waals surface area contributed by atoms with Gasteiger partial charge in [-0.05, 0) is 26.0 Å². The summed E-state index contributed by atoms with van der Waals surface area (Å²) in [5.41, 5.74) is -0.311. The first kappa shape index (κ1) is 12.9. The van der Waals surface area contributed by atoms with E-state index in [4.69, 9.17) is 5.11 Å². The lowest BCUT2D eigenvalue weighted by Crippen LogP contribution is -2.35. The van der Waals surface area contributed by atoms with Crippen molar-refractivity contribution in [3.8, 4) is 0 Å². The lowest BCUT2D eigenvalue weighted by atomic mass is 10.1. The van der Waals surface area contributed by atoms with Crippen LogP contribution in [0.2, 0.25) is 0 Å². The molecule has 0 saturated carbocycles. The zero-order valence-corrected chi connectivity index (χ0v) is 10.5. The van der Waals surface area contributed by atoms with Gasteiger partial charge in [0.1, 0.15) is 5.69 Å². The fraction of sp³-hybridized carbons (Fsp3) is 0.250. The highest BCUT2D eigenvalue weighted by atomic mass is 16.4. The molecule has 100 valence electrons. The van der Waals surface area contributed by atoms with Crippen LogP contribution in [0.15, 0.2) is 30.7 Å². The minimum absolute atomic E-state index is 0.308. The van der Waals surface area contributed by atoms with Crippen molar-refractivity contribution < 1.29 is 14.7 Å². The minimum atomic E-state index is -1.17. The molecule has 0 bridgehead atoms. The third kappa shape index (κ3) is 2.49. The van der Waals surface area contributed by atoms with Crippen molar-refractivity contribution in [2.75, 3.05) is 5.32 Å². The highest BCUT2D eigenvalue weighted by Gasteiger charge is 2.30. The second kappa shape index (κ2) is 4.60. The number of aromatic nitrogens is 3. The molecule has 0 aliphatic heterocycles. The molecule has 0 aliphatic carbocycles. The Labute approximate surface area is 109 Å². The molecule has 0 spiro atoms. The van der Waals surface area contributed by atoms with Gasteiger partial charge >= 0.3 is 5.97 Å². The molecule has 2 heterocycles. The maximum Gasteiger partial charge on any atom is 0.331 e. The number of hydrogen-bond acceptors (Lipinski definition) is 3. The molecule has 0 atom stereocenters.